The molecule has 0 bridgehead atoms. The number of hydrogen-bond acceptors (Lipinski definition) is 3. The van der Waals surface area contributed by atoms with Crippen LogP contribution in [0.25, 0.3) is 0 Å². The van der Waals surface area contributed by atoms with Crippen molar-refractivity contribution in [2.45, 2.75) is 44.1 Å². The molecule has 0 amide bonds. The molecule has 2 unspecified atom stereocenters. The number of aromatic nitrogens is 1. The van der Waals surface area contributed by atoms with E-state index in [2.05, 4.69) is 4.98 Å². The van der Waals surface area contributed by atoms with Crippen LogP contribution in [0.1, 0.15) is 43.7 Å². The van der Waals surface area contributed by atoms with Gasteiger partial charge in [0.1, 0.15) is 5.75 Å². The van der Waals surface area contributed by atoms with Gasteiger partial charge in [-0.25, -0.2) is 0 Å². The topological polar surface area (TPSA) is 48.1 Å². The molecule has 0 radical (unpaired) electrons. The van der Waals surface area contributed by atoms with Gasteiger partial charge in [-0.15, -0.1) is 0 Å². The Morgan fingerprint density at radius 2 is 2.19 bits per heavy atom. The smallest absolute Gasteiger partial charge is 0.140 e. The van der Waals surface area contributed by atoms with Crippen molar-refractivity contribution in [3.63, 3.8) is 0 Å². The minimum atomic E-state index is 0.319. The van der Waals surface area contributed by atoms with Gasteiger partial charge in [-0.2, -0.15) is 0 Å². The van der Waals surface area contributed by atoms with Gasteiger partial charge < -0.3 is 10.5 Å². The SMILES string of the molecule is COc1cccnc1C1CCCCC(N)C1. The van der Waals surface area contributed by atoms with E-state index in [-0.39, 0.29) is 0 Å². The fraction of sp³-hybridized carbons (Fsp3) is 0.615. The second-order valence-electron chi connectivity index (χ2n) is 4.57. The van der Waals surface area contributed by atoms with Gasteiger partial charge in [0.25, 0.3) is 0 Å². The molecule has 1 aromatic rings. The predicted molar refractivity (Wildman–Crippen MR) is 64.6 cm³/mol. The van der Waals surface area contributed by atoms with E-state index in [0.29, 0.717) is 12.0 Å². The third-order valence-corrected chi connectivity index (χ3v) is 3.37. The number of nitrogens with two attached hydrogens (primary N) is 1. The highest BCUT2D eigenvalue weighted by atomic mass is 16.5. The maximum Gasteiger partial charge on any atom is 0.140 e. The van der Waals surface area contributed by atoms with Crippen molar-refractivity contribution >= 4 is 0 Å². The Bertz CT molecular complexity index is 340. The second kappa shape index (κ2) is 5.30. The minimum Gasteiger partial charge on any atom is -0.495 e. The normalized spacial score (nSPS) is 26.1. The standard InChI is InChI=1S/C13H20N2O/c1-16-12-7-4-8-15-13(12)10-5-2-3-6-11(14)9-10/h4,7-8,10-11H,2-3,5-6,9,14H2,1H3. The van der Waals surface area contributed by atoms with Crippen molar-refractivity contribution in [2.75, 3.05) is 7.11 Å². The molecule has 1 aliphatic rings. The first-order chi connectivity index (χ1) is 7.81. The van der Waals surface area contributed by atoms with Gasteiger partial charge in [-0.05, 0) is 31.4 Å². The zero-order valence-electron chi connectivity index (χ0n) is 9.86. The number of hydrogen-bond donors (Lipinski definition) is 1. The summed E-state index contributed by atoms with van der Waals surface area (Å²) in [7, 11) is 1.71. The highest BCUT2D eigenvalue weighted by Gasteiger charge is 2.22. The van der Waals surface area contributed by atoms with E-state index in [1.165, 1.54) is 19.3 Å². The lowest BCUT2D eigenvalue weighted by molar-refractivity contribution is 0.395. The molecule has 2 atom stereocenters. The van der Waals surface area contributed by atoms with Gasteiger partial charge in [-0.1, -0.05) is 12.8 Å². The third kappa shape index (κ3) is 2.53. The zero-order valence-corrected chi connectivity index (χ0v) is 9.86. The van der Waals surface area contributed by atoms with Crippen LogP contribution in [0.2, 0.25) is 0 Å². The zero-order chi connectivity index (χ0) is 11.4. The number of nitrogens with zero attached hydrogens (tertiary/aromatic N) is 1. The number of methoxy groups -OCH3 is 1. The molecule has 0 spiro atoms. The molecule has 1 aromatic heterocycles. The molecule has 1 aliphatic carbocycles. The molecule has 1 saturated carbocycles. The molecule has 16 heavy (non-hydrogen) atoms. The highest BCUT2D eigenvalue weighted by Crippen LogP contribution is 2.34. The van der Waals surface area contributed by atoms with Gasteiger partial charge in [0, 0.05) is 18.2 Å². The summed E-state index contributed by atoms with van der Waals surface area (Å²) < 4.78 is 5.37. The van der Waals surface area contributed by atoms with Crippen molar-refractivity contribution in [3.8, 4) is 5.75 Å². The first kappa shape index (κ1) is 11.4. The summed E-state index contributed by atoms with van der Waals surface area (Å²) in [5, 5.41) is 0. The molecule has 3 heteroatoms. The van der Waals surface area contributed by atoms with Gasteiger partial charge in [-0.3, -0.25) is 4.98 Å². The van der Waals surface area contributed by atoms with Crippen LogP contribution in [0, 0.1) is 0 Å². The first-order valence-corrected chi connectivity index (χ1v) is 6.05. The molecule has 2 N–H and O–H groups in total. The summed E-state index contributed by atoms with van der Waals surface area (Å²) >= 11 is 0. The largest absolute Gasteiger partial charge is 0.495 e. The van der Waals surface area contributed by atoms with Crippen LogP contribution in [0.15, 0.2) is 18.3 Å². The van der Waals surface area contributed by atoms with Crippen LogP contribution in [-0.2, 0) is 0 Å². The molecule has 0 saturated heterocycles. The lowest BCUT2D eigenvalue weighted by Gasteiger charge is -2.18. The van der Waals surface area contributed by atoms with Crippen LogP contribution >= 0.6 is 0 Å². The molecule has 1 fully saturated rings. The maximum atomic E-state index is 6.09. The van der Waals surface area contributed by atoms with E-state index in [0.717, 1.165) is 24.3 Å². The summed E-state index contributed by atoms with van der Waals surface area (Å²) in [4.78, 5) is 4.47. The molecule has 88 valence electrons. The Morgan fingerprint density at radius 3 is 3.00 bits per heavy atom. The Kier molecular flexibility index (Phi) is 3.78. The van der Waals surface area contributed by atoms with Gasteiger partial charge in [0.05, 0.1) is 12.8 Å². The Morgan fingerprint density at radius 1 is 1.38 bits per heavy atom. The maximum absolute atomic E-state index is 6.09. The quantitative estimate of drug-likeness (QED) is 0.779. The average Bonchev–Trinajstić information content (AvgIpc) is 2.54. The Labute approximate surface area is 97.0 Å². The summed E-state index contributed by atoms with van der Waals surface area (Å²) in [5.74, 6) is 1.37. The highest BCUT2D eigenvalue weighted by molar-refractivity contribution is 5.30. The molecule has 3 nitrogen and oxygen atoms in total. The van der Waals surface area contributed by atoms with E-state index in [4.69, 9.17) is 10.5 Å². The monoisotopic (exact) mass is 220 g/mol. The van der Waals surface area contributed by atoms with Crippen molar-refractivity contribution in [1.82, 2.24) is 4.98 Å². The van der Waals surface area contributed by atoms with Gasteiger partial charge >= 0.3 is 0 Å². The lowest BCUT2D eigenvalue weighted by atomic mass is 9.94. The van der Waals surface area contributed by atoms with Crippen molar-refractivity contribution < 1.29 is 4.74 Å². The van der Waals surface area contributed by atoms with Crippen LogP contribution in [-0.4, -0.2) is 18.1 Å². The van der Waals surface area contributed by atoms with Crippen LogP contribution < -0.4 is 10.5 Å². The van der Waals surface area contributed by atoms with E-state index in [9.17, 15) is 0 Å². The molecular formula is C13H20N2O. The first-order valence-electron chi connectivity index (χ1n) is 6.05. The van der Waals surface area contributed by atoms with Crippen molar-refractivity contribution in [2.24, 2.45) is 5.73 Å². The fourth-order valence-corrected chi connectivity index (χ4v) is 2.53. The Balaban J connectivity index is 2.20. The van der Waals surface area contributed by atoms with Crippen LogP contribution in [0.5, 0.6) is 5.75 Å². The molecule has 2 rings (SSSR count). The third-order valence-electron chi connectivity index (χ3n) is 3.37. The van der Waals surface area contributed by atoms with Gasteiger partial charge in [0.15, 0.2) is 0 Å². The molecule has 1 heterocycles. The lowest BCUT2D eigenvalue weighted by Crippen LogP contribution is -2.21. The van der Waals surface area contributed by atoms with Crippen molar-refractivity contribution in [3.05, 3.63) is 24.0 Å². The summed E-state index contributed by atoms with van der Waals surface area (Å²) in [6, 6.07) is 4.22. The summed E-state index contributed by atoms with van der Waals surface area (Å²) in [6.45, 7) is 0. The number of pyridine rings is 1. The van der Waals surface area contributed by atoms with E-state index in [1.54, 1.807) is 7.11 Å². The predicted octanol–water partition coefficient (Wildman–Crippen LogP) is 2.47. The molecular weight excluding hydrogens is 200 g/mol. The minimum absolute atomic E-state index is 0.319. The summed E-state index contributed by atoms with van der Waals surface area (Å²) in [6.07, 6.45) is 7.69. The van der Waals surface area contributed by atoms with Crippen LogP contribution in [0.4, 0.5) is 0 Å². The van der Waals surface area contributed by atoms with E-state index < -0.39 is 0 Å². The van der Waals surface area contributed by atoms with Crippen molar-refractivity contribution in [1.29, 1.82) is 0 Å². The van der Waals surface area contributed by atoms with E-state index >= 15 is 0 Å². The van der Waals surface area contributed by atoms with Gasteiger partial charge in [0.2, 0.25) is 0 Å². The molecule has 0 aliphatic heterocycles. The summed E-state index contributed by atoms with van der Waals surface area (Å²) in [5.41, 5.74) is 7.17. The second-order valence-corrected chi connectivity index (χ2v) is 4.57. The Hall–Kier alpha value is -1.09. The van der Waals surface area contributed by atoms with Crippen LogP contribution in [0.3, 0.4) is 0 Å². The molecule has 0 aromatic carbocycles. The fourth-order valence-electron chi connectivity index (χ4n) is 2.53. The van der Waals surface area contributed by atoms with E-state index in [1.807, 2.05) is 18.3 Å². The average molecular weight is 220 g/mol. The number of rotatable bonds is 2. The number of ether oxygens (including phenoxy) is 1.